The van der Waals surface area contributed by atoms with Gasteiger partial charge < -0.3 is 0 Å². The lowest BCUT2D eigenvalue weighted by molar-refractivity contribution is 0.308. The Morgan fingerprint density at radius 3 is 2.03 bits per heavy atom. The molecular weight excluding hydrogens is 442 g/mol. The molecule has 0 N–H and O–H groups in total. The third kappa shape index (κ3) is 4.48. The third-order valence-electron chi connectivity index (χ3n) is 4.81. The molecule has 162 valence electrons. The highest BCUT2D eigenvalue weighted by Gasteiger charge is 2.21. The molecule has 0 amide bonds. The summed E-state index contributed by atoms with van der Waals surface area (Å²) in [6, 6.07) is 26.4. The lowest BCUT2D eigenvalue weighted by Crippen LogP contribution is -2.16. The van der Waals surface area contributed by atoms with Gasteiger partial charge in [0.15, 0.2) is 11.4 Å². The van der Waals surface area contributed by atoms with Crippen LogP contribution in [0.15, 0.2) is 105 Å². The van der Waals surface area contributed by atoms with Crippen molar-refractivity contribution < 1.29 is 9.26 Å². The molecule has 33 heavy (non-hydrogen) atoms. The number of nitrogens with zero attached hydrogens (tertiary/aromatic N) is 7. The van der Waals surface area contributed by atoms with E-state index in [2.05, 4.69) is 31.0 Å². The first-order valence-corrected chi connectivity index (χ1v) is 10.4. The number of benzene rings is 3. The molecule has 0 atom stereocenters. The molecule has 10 heteroatoms. The van der Waals surface area contributed by atoms with E-state index in [1.807, 2.05) is 78.9 Å². The lowest BCUT2D eigenvalue weighted by atomic mass is 10.1. The quantitative estimate of drug-likeness (QED) is 0.213. The maximum Gasteiger partial charge on any atom is 0.247 e. The van der Waals surface area contributed by atoms with E-state index < -0.39 is 0 Å². The second-order valence-electron chi connectivity index (χ2n) is 6.94. The molecule has 9 nitrogen and oxygen atoms in total. The van der Waals surface area contributed by atoms with Crippen molar-refractivity contribution in [3.05, 3.63) is 95.5 Å². The van der Waals surface area contributed by atoms with Gasteiger partial charge >= 0.3 is 0 Å². The van der Waals surface area contributed by atoms with E-state index >= 15 is 0 Å². The number of aromatic nitrogens is 4. The molecule has 0 spiro atoms. The van der Waals surface area contributed by atoms with Gasteiger partial charge in [-0.3, -0.25) is 0 Å². The largest absolute Gasteiger partial charge is 0.247 e. The first-order valence-electron chi connectivity index (χ1n) is 9.98. The van der Waals surface area contributed by atoms with Crippen molar-refractivity contribution in [2.75, 3.05) is 5.01 Å². The van der Waals surface area contributed by atoms with Crippen LogP contribution in [0.4, 0.5) is 11.6 Å². The van der Waals surface area contributed by atoms with Crippen LogP contribution in [-0.2, 0) is 6.54 Å². The van der Waals surface area contributed by atoms with E-state index in [1.165, 1.54) is 0 Å². The maximum atomic E-state index is 6.40. The average molecular weight is 458 g/mol. The summed E-state index contributed by atoms with van der Waals surface area (Å²) < 4.78 is 9.97. The van der Waals surface area contributed by atoms with Crippen molar-refractivity contribution in [3.8, 4) is 22.5 Å². The minimum absolute atomic E-state index is 0.225. The van der Waals surface area contributed by atoms with Gasteiger partial charge in [0.25, 0.3) is 0 Å². The Balaban J connectivity index is 1.54. The Labute approximate surface area is 193 Å². The van der Waals surface area contributed by atoms with Crippen molar-refractivity contribution >= 4 is 23.2 Å². The SMILES string of the molecule is Clc1ccccc1CN(N=Nc1nonc1-c1ccccc1)c1nonc1-c1ccccc1. The zero-order valence-electron chi connectivity index (χ0n) is 17.1. The van der Waals surface area contributed by atoms with Gasteiger partial charge in [-0.05, 0) is 32.3 Å². The predicted molar refractivity (Wildman–Crippen MR) is 122 cm³/mol. The molecule has 0 saturated heterocycles. The Bertz CT molecular complexity index is 1370. The molecule has 0 aliphatic rings. The summed E-state index contributed by atoms with van der Waals surface area (Å²) in [4.78, 5) is 0. The molecule has 3 aromatic carbocycles. The summed E-state index contributed by atoms with van der Waals surface area (Å²) in [5.74, 6) is 0.602. The number of halogens is 1. The summed E-state index contributed by atoms with van der Waals surface area (Å²) in [6.07, 6.45) is 0. The first kappa shape index (κ1) is 20.5. The third-order valence-corrected chi connectivity index (χ3v) is 5.18. The van der Waals surface area contributed by atoms with E-state index in [0.29, 0.717) is 22.2 Å². The van der Waals surface area contributed by atoms with Crippen LogP contribution in [0.25, 0.3) is 22.5 Å². The van der Waals surface area contributed by atoms with E-state index in [-0.39, 0.29) is 12.4 Å². The molecule has 0 aliphatic carbocycles. The number of anilines is 1. The average Bonchev–Trinajstić information content (AvgIpc) is 3.54. The summed E-state index contributed by atoms with van der Waals surface area (Å²) in [7, 11) is 0. The van der Waals surface area contributed by atoms with Gasteiger partial charge in [-0.1, -0.05) is 95.7 Å². The second kappa shape index (κ2) is 9.41. The van der Waals surface area contributed by atoms with Gasteiger partial charge in [-0.2, -0.15) is 0 Å². The van der Waals surface area contributed by atoms with Crippen molar-refractivity contribution in [1.29, 1.82) is 0 Å². The van der Waals surface area contributed by atoms with Crippen LogP contribution >= 0.6 is 11.6 Å². The van der Waals surface area contributed by atoms with E-state index in [0.717, 1.165) is 16.7 Å². The zero-order valence-corrected chi connectivity index (χ0v) is 17.9. The lowest BCUT2D eigenvalue weighted by Gasteiger charge is -2.16. The van der Waals surface area contributed by atoms with Gasteiger partial charge in [0.2, 0.25) is 11.6 Å². The minimum atomic E-state index is 0.225. The molecular formula is C23H16ClN7O2. The molecule has 2 heterocycles. The Kier molecular flexibility index (Phi) is 5.85. The number of hydrogen-bond donors (Lipinski definition) is 0. The topological polar surface area (TPSA) is 106 Å². The number of hydrogen-bond acceptors (Lipinski definition) is 8. The summed E-state index contributed by atoms with van der Waals surface area (Å²) in [6.45, 7) is 0.267. The smallest absolute Gasteiger partial charge is 0.242 e. The summed E-state index contributed by atoms with van der Waals surface area (Å²) in [5.41, 5.74) is 3.43. The van der Waals surface area contributed by atoms with Crippen molar-refractivity contribution in [3.63, 3.8) is 0 Å². The zero-order chi connectivity index (χ0) is 22.5. The van der Waals surface area contributed by atoms with Crippen LogP contribution in [-0.4, -0.2) is 20.6 Å². The molecule has 0 fully saturated rings. The second-order valence-corrected chi connectivity index (χ2v) is 7.35. The van der Waals surface area contributed by atoms with E-state index in [4.69, 9.17) is 20.9 Å². The fraction of sp³-hybridized carbons (Fsp3) is 0.0435. The molecule has 2 aromatic heterocycles. The fourth-order valence-corrected chi connectivity index (χ4v) is 3.39. The van der Waals surface area contributed by atoms with Gasteiger partial charge in [-0.15, -0.1) is 5.11 Å². The Hall–Kier alpha value is -4.37. The molecule has 0 unspecified atom stereocenters. The number of rotatable bonds is 7. The van der Waals surface area contributed by atoms with E-state index in [1.54, 1.807) is 11.1 Å². The van der Waals surface area contributed by atoms with E-state index in [9.17, 15) is 0 Å². The first-order chi connectivity index (χ1) is 16.3. The van der Waals surface area contributed by atoms with Crippen molar-refractivity contribution in [1.82, 2.24) is 20.6 Å². The summed E-state index contributed by atoms with van der Waals surface area (Å²) >= 11 is 6.40. The van der Waals surface area contributed by atoms with Gasteiger partial charge in [-0.25, -0.2) is 14.3 Å². The van der Waals surface area contributed by atoms with Crippen LogP contribution in [0, 0.1) is 0 Å². The highest BCUT2D eigenvalue weighted by atomic mass is 35.5. The fourth-order valence-electron chi connectivity index (χ4n) is 3.19. The predicted octanol–water partition coefficient (Wildman–Crippen LogP) is 6.15. The van der Waals surface area contributed by atoms with Crippen molar-refractivity contribution in [2.24, 2.45) is 10.3 Å². The van der Waals surface area contributed by atoms with Crippen molar-refractivity contribution in [2.45, 2.75) is 6.54 Å². The highest BCUT2D eigenvalue weighted by molar-refractivity contribution is 6.31. The molecule has 5 aromatic rings. The van der Waals surface area contributed by atoms with Crippen LogP contribution in [0.3, 0.4) is 0 Å². The van der Waals surface area contributed by atoms with Gasteiger partial charge in [0, 0.05) is 16.1 Å². The Morgan fingerprint density at radius 1 is 0.697 bits per heavy atom. The standard InChI is InChI=1S/C23H16ClN7O2/c24-19-14-8-7-13-18(19)15-31(23-21(27-33-29-23)17-11-5-2-6-12-17)30-25-22-20(26-32-28-22)16-9-3-1-4-10-16/h1-14H,15H2. The summed E-state index contributed by atoms with van der Waals surface area (Å²) in [5, 5.41) is 26.8. The molecule has 0 radical (unpaired) electrons. The highest BCUT2D eigenvalue weighted by Crippen LogP contribution is 2.31. The molecule has 0 bridgehead atoms. The van der Waals surface area contributed by atoms with Gasteiger partial charge in [0.1, 0.15) is 0 Å². The van der Waals surface area contributed by atoms with Crippen LogP contribution in [0.5, 0.6) is 0 Å². The molecule has 0 aliphatic heterocycles. The van der Waals surface area contributed by atoms with Crippen LogP contribution in [0.2, 0.25) is 5.02 Å². The van der Waals surface area contributed by atoms with Crippen LogP contribution in [0.1, 0.15) is 5.56 Å². The normalized spacial score (nSPS) is 11.2. The minimum Gasteiger partial charge on any atom is -0.242 e. The molecule has 5 rings (SSSR count). The van der Waals surface area contributed by atoms with Gasteiger partial charge in [0.05, 0.1) is 6.54 Å². The maximum absolute atomic E-state index is 6.40. The molecule has 0 saturated carbocycles. The monoisotopic (exact) mass is 457 g/mol. The van der Waals surface area contributed by atoms with Crippen LogP contribution < -0.4 is 5.01 Å². The Morgan fingerprint density at radius 2 is 1.30 bits per heavy atom.